The third-order valence-electron chi connectivity index (χ3n) is 3.11. The van der Waals surface area contributed by atoms with Gasteiger partial charge in [-0.3, -0.25) is 0 Å². The van der Waals surface area contributed by atoms with E-state index in [1.807, 2.05) is 6.07 Å². The lowest BCUT2D eigenvalue weighted by atomic mass is 9.98. The normalized spacial score (nSPS) is 12.2. The van der Waals surface area contributed by atoms with E-state index in [2.05, 4.69) is 5.32 Å². The Kier molecular flexibility index (Phi) is 4.86. The molecule has 0 saturated carbocycles. The summed E-state index contributed by atoms with van der Waals surface area (Å²) in [5, 5.41) is 3.91. The molecule has 0 bridgehead atoms. The molecule has 0 aliphatic rings. The van der Waals surface area contributed by atoms with Gasteiger partial charge in [0.15, 0.2) is 11.6 Å². The number of methoxy groups -OCH3 is 1. The van der Waals surface area contributed by atoms with Gasteiger partial charge in [0.2, 0.25) is 0 Å². The maximum absolute atomic E-state index is 14.4. The molecular formula is C15H14Cl2FNO. The molecule has 2 rings (SSSR count). The SMILES string of the molecule is CNC(c1cccc(OC)c1F)c1cccc(Cl)c1Cl. The Morgan fingerprint density at radius 2 is 1.75 bits per heavy atom. The predicted octanol–water partition coefficient (Wildman–Crippen LogP) is 4.45. The highest BCUT2D eigenvalue weighted by Crippen LogP contribution is 2.35. The fraction of sp³-hybridized carbons (Fsp3) is 0.200. The maximum atomic E-state index is 14.4. The molecule has 1 atom stereocenters. The summed E-state index contributed by atoms with van der Waals surface area (Å²) in [6.07, 6.45) is 0. The first kappa shape index (κ1) is 15.1. The van der Waals surface area contributed by atoms with Gasteiger partial charge in [0, 0.05) is 5.56 Å². The molecule has 0 aromatic heterocycles. The number of halogens is 3. The lowest BCUT2D eigenvalue weighted by molar-refractivity contribution is 0.382. The van der Waals surface area contributed by atoms with Crippen LogP contribution in [0.15, 0.2) is 36.4 Å². The van der Waals surface area contributed by atoms with Crippen molar-refractivity contribution in [1.29, 1.82) is 0 Å². The Balaban J connectivity index is 2.56. The predicted molar refractivity (Wildman–Crippen MR) is 80.3 cm³/mol. The van der Waals surface area contributed by atoms with Crippen molar-refractivity contribution < 1.29 is 9.13 Å². The van der Waals surface area contributed by atoms with Crippen molar-refractivity contribution in [2.75, 3.05) is 14.2 Å². The van der Waals surface area contributed by atoms with Gasteiger partial charge in [-0.15, -0.1) is 0 Å². The van der Waals surface area contributed by atoms with E-state index in [1.54, 1.807) is 37.4 Å². The van der Waals surface area contributed by atoms with E-state index in [9.17, 15) is 4.39 Å². The molecule has 2 nitrogen and oxygen atoms in total. The van der Waals surface area contributed by atoms with Crippen molar-refractivity contribution in [1.82, 2.24) is 5.32 Å². The fourth-order valence-electron chi connectivity index (χ4n) is 2.13. The van der Waals surface area contributed by atoms with E-state index < -0.39 is 11.9 Å². The third-order valence-corrected chi connectivity index (χ3v) is 3.94. The molecule has 2 aromatic rings. The zero-order chi connectivity index (χ0) is 14.7. The van der Waals surface area contributed by atoms with Gasteiger partial charge in [-0.1, -0.05) is 47.5 Å². The van der Waals surface area contributed by atoms with Crippen LogP contribution >= 0.6 is 23.2 Å². The second-order valence-electron chi connectivity index (χ2n) is 4.23. The van der Waals surface area contributed by atoms with Crippen LogP contribution in [-0.4, -0.2) is 14.2 Å². The van der Waals surface area contributed by atoms with E-state index in [0.29, 0.717) is 21.2 Å². The second-order valence-corrected chi connectivity index (χ2v) is 5.01. The van der Waals surface area contributed by atoms with Crippen LogP contribution in [0.25, 0.3) is 0 Å². The Morgan fingerprint density at radius 3 is 2.40 bits per heavy atom. The molecule has 106 valence electrons. The van der Waals surface area contributed by atoms with Crippen LogP contribution in [0, 0.1) is 5.82 Å². The molecule has 0 aliphatic heterocycles. The van der Waals surface area contributed by atoms with Crippen molar-refractivity contribution in [3.63, 3.8) is 0 Å². The standard InChI is InChI=1S/C15H14Cl2FNO/c1-19-15(9-5-3-7-11(16)13(9)17)10-6-4-8-12(20-2)14(10)18/h3-8,15,19H,1-2H3. The molecule has 1 unspecified atom stereocenters. The third kappa shape index (κ3) is 2.75. The summed E-state index contributed by atoms with van der Waals surface area (Å²) in [6, 6.07) is 9.89. The molecule has 0 radical (unpaired) electrons. The molecule has 5 heteroatoms. The van der Waals surface area contributed by atoms with Gasteiger partial charge in [0.25, 0.3) is 0 Å². The number of rotatable bonds is 4. The summed E-state index contributed by atoms with van der Waals surface area (Å²) in [4.78, 5) is 0. The molecule has 0 aliphatic carbocycles. The first-order chi connectivity index (χ1) is 9.60. The summed E-state index contributed by atoms with van der Waals surface area (Å²) in [5.41, 5.74) is 1.17. The van der Waals surface area contributed by atoms with Crippen molar-refractivity contribution >= 4 is 23.2 Å². The largest absolute Gasteiger partial charge is 0.494 e. The first-order valence-corrected chi connectivity index (χ1v) is 6.79. The minimum atomic E-state index is -0.412. The average Bonchev–Trinajstić information content (AvgIpc) is 2.46. The highest BCUT2D eigenvalue weighted by Gasteiger charge is 2.21. The Labute approximate surface area is 127 Å². The molecule has 0 fully saturated rings. The molecule has 0 saturated heterocycles. The summed E-state index contributed by atoms with van der Waals surface area (Å²) in [7, 11) is 3.17. The van der Waals surface area contributed by atoms with Crippen LogP contribution in [0.2, 0.25) is 10.0 Å². The minimum absolute atomic E-state index is 0.195. The van der Waals surface area contributed by atoms with Crippen molar-refractivity contribution in [3.8, 4) is 5.75 Å². The van der Waals surface area contributed by atoms with Gasteiger partial charge in [0.05, 0.1) is 23.2 Å². The first-order valence-electron chi connectivity index (χ1n) is 6.03. The lowest BCUT2D eigenvalue weighted by Gasteiger charge is -2.20. The number of hydrogen-bond donors (Lipinski definition) is 1. The van der Waals surface area contributed by atoms with Crippen LogP contribution in [0.4, 0.5) is 4.39 Å². The zero-order valence-corrected chi connectivity index (χ0v) is 12.6. The van der Waals surface area contributed by atoms with E-state index in [1.165, 1.54) is 7.11 Å². The smallest absolute Gasteiger partial charge is 0.170 e. The fourth-order valence-corrected chi connectivity index (χ4v) is 2.55. The highest BCUT2D eigenvalue weighted by atomic mass is 35.5. The number of ether oxygens (including phenoxy) is 1. The molecule has 0 amide bonds. The molecule has 0 heterocycles. The number of benzene rings is 2. The number of hydrogen-bond acceptors (Lipinski definition) is 2. The van der Waals surface area contributed by atoms with Crippen LogP contribution in [0.3, 0.4) is 0 Å². The van der Waals surface area contributed by atoms with Crippen molar-refractivity contribution in [3.05, 3.63) is 63.4 Å². The van der Waals surface area contributed by atoms with Gasteiger partial charge >= 0.3 is 0 Å². The maximum Gasteiger partial charge on any atom is 0.170 e. The molecular weight excluding hydrogens is 300 g/mol. The topological polar surface area (TPSA) is 21.3 Å². The second kappa shape index (κ2) is 6.44. The highest BCUT2D eigenvalue weighted by molar-refractivity contribution is 6.42. The van der Waals surface area contributed by atoms with E-state index in [4.69, 9.17) is 27.9 Å². The molecule has 1 N–H and O–H groups in total. The summed E-state index contributed by atoms with van der Waals surface area (Å²) in [6.45, 7) is 0. The Morgan fingerprint density at radius 1 is 1.10 bits per heavy atom. The average molecular weight is 314 g/mol. The van der Waals surface area contributed by atoms with Crippen LogP contribution < -0.4 is 10.1 Å². The van der Waals surface area contributed by atoms with Gasteiger partial charge in [-0.25, -0.2) is 4.39 Å². The van der Waals surface area contributed by atoms with Gasteiger partial charge in [0.1, 0.15) is 0 Å². The minimum Gasteiger partial charge on any atom is -0.494 e. The van der Waals surface area contributed by atoms with Crippen LogP contribution in [0.5, 0.6) is 5.75 Å². The van der Waals surface area contributed by atoms with E-state index in [0.717, 1.165) is 0 Å². The van der Waals surface area contributed by atoms with Gasteiger partial charge in [-0.05, 0) is 24.7 Å². The van der Waals surface area contributed by atoms with E-state index >= 15 is 0 Å². The van der Waals surface area contributed by atoms with Crippen LogP contribution in [-0.2, 0) is 0 Å². The lowest BCUT2D eigenvalue weighted by Crippen LogP contribution is -2.19. The summed E-state index contributed by atoms with van der Waals surface area (Å²) < 4.78 is 19.4. The van der Waals surface area contributed by atoms with Gasteiger partial charge in [-0.2, -0.15) is 0 Å². The Hall–Kier alpha value is -1.29. The monoisotopic (exact) mass is 313 g/mol. The van der Waals surface area contributed by atoms with Crippen molar-refractivity contribution in [2.45, 2.75) is 6.04 Å². The molecule has 0 spiro atoms. The molecule has 2 aromatic carbocycles. The quantitative estimate of drug-likeness (QED) is 0.900. The molecule has 20 heavy (non-hydrogen) atoms. The zero-order valence-electron chi connectivity index (χ0n) is 11.1. The summed E-state index contributed by atoms with van der Waals surface area (Å²) in [5.74, 6) is -0.216. The Bertz CT molecular complexity index is 619. The van der Waals surface area contributed by atoms with E-state index in [-0.39, 0.29) is 5.75 Å². The van der Waals surface area contributed by atoms with Crippen molar-refractivity contribution in [2.24, 2.45) is 0 Å². The van der Waals surface area contributed by atoms with Crippen LogP contribution in [0.1, 0.15) is 17.2 Å². The summed E-state index contributed by atoms with van der Waals surface area (Å²) >= 11 is 12.2. The number of nitrogens with one attached hydrogen (secondary N) is 1. The van der Waals surface area contributed by atoms with Gasteiger partial charge < -0.3 is 10.1 Å².